The first-order valence-electron chi connectivity index (χ1n) is 5.79. The Labute approximate surface area is 106 Å². The molecule has 1 unspecified atom stereocenters. The van der Waals surface area contributed by atoms with Crippen molar-refractivity contribution in [2.75, 3.05) is 5.32 Å². The van der Waals surface area contributed by atoms with Gasteiger partial charge in [0.25, 0.3) is 0 Å². The largest absolute Gasteiger partial charge is 0.481 e. The van der Waals surface area contributed by atoms with Gasteiger partial charge in [-0.25, -0.2) is 0 Å². The highest BCUT2D eigenvalue weighted by Gasteiger charge is 2.30. The molecule has 4 N–H and O–H groups in total. The maximum Gasteiger partial charge on any atom is 0.303 e. The lowest BCUT2D eigenvalue weighted by Crippen LogP contribution is -2.47. The second-order valence-electron chi connectivity index (χ2n) is 4.43. The summed E-state index contributed by atoms with van der Waals surface area (Å²) in [4.78, 5) is 22.0. The predicted octanol–water partition coefficient (Wildman–Crippen LogP) is 1.60. The van der Waals surface area contributed by atoms with Gasteiger partial charge in [-0.2, -0.15) is 0 Å². The van der Waals surface area contributed by atoms with Crippen molar-refractivity contribution in [3.05, 3.63) is 30.3 Å². The van der Waals surface area contributed by atoms with Gasteiger partial charge >= 0.3 is 5.97 Å². The van der Waals surface area contributed by atoms with Gasteiger partial charge in [0.15, 0.2) is 0 Å². The molecule has 0 heterocycles. The Kier molecular flexibility index (Phi) is 4.71. The van der Waals surface area contributed by atoms with Crippen molar-refractivity contribution >= 4 is 17.6 Å². The summed E-state index contributed by atoms with van der Waals surface area (Å²) in [5, 5.41) is 11.7. The molecule has 0 bridgehead atoms. The van der Waals surface area contributed by atoms with E-state index < -0.39 is 17.4 Å². The lowest BCUT2D eigenvalue weighted by molar-refractivity contribution is -0.137. The molecule has 0 saturated heterocycles. The minimum Gasteiger partial charge on any atom is -0.481 e. The van der Waals surface area contributed by atoms with E-state index in [1.54, 1.807) is 6.92 Å². The van der Waals surface area contributed by atoms with Crippen LogP contribution < -0.4 is 11.1 Å². The molecular formula is C13H18N2O3. The highest BCUT2D eigenvalue weighted by molar-refractivity contribution is 5.87. The zero-order chi connectivity index (χ0) is 13.6. The molecule has 1 aromatic rings. The Morgan fingerprint density at radius 3 is 2.44 bits per heavy atom. The summed E-state index contributed by atoms with van der Waals surface area (Å²) in [6, 6.07) is 9.23. The van der Waals surface area contributed by atoms with Crippen LogP contribution in [-0.4, -0.2) is 22.5 Å². The first-order chi connectivity index (χ1) is 8.44. The van der Waals surface area contributed by atoms with Crippen LogP contribution in [0.15, 0.2) is 30.3 Å². The zero-order valence-corrected chi connectivity index (χ0v) is 10.3. The molecule has 0 aromatic heterocycles. The zero-order valence-electron chi connectivity index (χ0n) is 10.3. The second kappa shape index (κ2) is 6.05. The van der Waals surface area contributed by atoms with Crippen LogP contribution in [0.1, 0.15) is 26.2 Å². The molecule has 0 aliphatic heterocycles. The molecule has 1 amide bonds. The number of anilines is 1. The van der Waals surface area contributed by atoms with Crippen LogP contribution in [0.25, 0.3) is 0 Å². The molecule has 0 aliphatic rings. The van der Waals surface area contributed by atoms with Crippen LogP contribution in [0.3, 0.4) is 0 Å². The third-order valence-electron chi connectivity index (χ3n) is 2.81. The van der Waals surface area contributed by atoms with E-state index in [1.807, 2.05) is 30.3 Å². The number of carboxylic acids is 1. The second-order valence-corrected chi connectivity index (χ2v) is 4.43. The van der Waals surface area contributed by atoms with Crippen molar-refractivity contribution in [3.8, 4) is 0 Å². The SMILES string of the molecule is CC(CCCC(=O)O)(Nc1ccccc1)C(N)=O. The lowest BCUT2D eigenvalue weighted by atomic mass is 9.93. The molecule has 0 spiro atoms. The topological polar surface area (TPSA) is 92.4 Å². The van der Waals surface area contributed by atoms with Gasteiger partial charge in [0, 0.05) is 12.1 Å². The van der Waals surface area contributed by atoms with Gasteiger partial charge in [0.05, 0.1) is 0 Å². The summed E-state index contributed by atoms with van der Waals surface area (Å²) in [6.07, 6.45) is 0.803. The summed E-state index contributed by atoms with van der Waals surface area (Å²) >= 11 is 0. The fourth-order valence-electron chi connectivity index (χ4n) is 1.68. The average Bonchev–Trinajstić information content (AvgIpc) is 2.29. The maximum absolute atomic E-state index is 11.5. The molecule has 0 saturated carbocycles. The number of benzene rings is 1. The normalized spacial score (nSPS) is 13.6. The minimum absolute atomic E-state index is 0.0271. The molecule has 1 aromatic carbocycles. The molecule has 98 valence electrons. The molecule has 1 rings (SSSR count). The summed E-state index contributed by atoms with van der Waals surface area (Å²) in [5.41, 5.74) is 5.24. The van der Waals surface area contributed by atoms with Gasteiger partial charge in [-0.05, 0) is 31.9 Å². The first kappa shape index (κ1) is 14.0. The number of carbonyl (C=O) groups is 2. The van der Waals surface area contributed by atoms with Crippen molar-refractivity contribution in [2.45, 2.75) is 31.7 Å². The number of nitrogens with two attached hydrogens (primary N) is 1. The van der Waals surface area contributed by atoms with E-state index >= 15 is 0 Å². The number of carboxylic acid groups (broad SMARTS) is 1. The molecule has 18 heavy (non-hydrogen) atoms. The summed E-state index contributed by atoms with van der Waals surface area (Å²) in [5.74, 6) is -1.36. The third kappa shape index (κ3) is 4.08. The number of carbonyl (C=O) groups excluding carboxylic acids is 1. The Balaban J connectivity index is 2.68. The fourth-order valence-corrected chi connectivity index (χ4v) is 1.68. The van der Waals surface area contributed by atoms with Crippen LogP contribution in [0.4, 0.5) is 5.69 Å². The number of primary amides is 1. The molecule has 0 fully saturated rings. The van der Waals surface area contributed by atoms with Crippen molar-refractivity contribution in [1.29, 1.82) is 0 Å². The predicted molar refractivity (Wildman–Crippen MR) is 69.2 cm³/mol. The summed E-state index contributed by atoms with van der Waals surface area (Å²) in [7, 11) is 0. The summed E-state index contributed by atoms with van der Waals surface area (Å²) in [6.45, 7) is 1.68. The van der Waals surface area contributed by atoms with Crippen LogP contribution in [0, 0.1) is 0 Å². The molecule has 0 radical (unpaired) electrons. The number of hydrogen-bond acceptors (Lipinski definition) is 3. The Bertz CT molecular complexity index is 420. The van der Waals surface area contributed by atoms with Crippen molar-refractivity contribution in [1.82, 2.24) is 0 Å². The van der Waals surface area contributed by atoms with Crippen molar-refractivity contribution < 1.29 is 14.7 Å². The van der Waals surface area contributed by atoms with Crippen LogP contribution in [0.5, 0.6) is 0 Å². The van der Waals surface area contributed by atoms with Gasteiger partial charge in [0.1, 0.15) is 5.54 Å². The maximum atomic E-state index is 11.5. The Morgan fingerprint density at radius 2 is 1.94 bits per heavy atom. The highest BCUT2D eigenvalue weighted by Crippen LogP contribution is 2.20. The van der Waals surface area contributed by atoms with Gasteiger partial charge < -0.3 is 16.2 Å². The quantitative estimate of drug-likeness (QED) is 0.685. The number of para-hydroxylation sites is 1. The smallest absolute Gasteiger partial charge is 0.303 e. The number of hydrogen-bond donors (Lipinski definition) is 3. The fraction of sp³-hybridized carbons (Fsp3) is 0.385. The van der Waals surface area contributed by atoms with Gasteiger partial charge in [-0.1, -0.05) is 18.2 Å². The number of aliphatic carboxylic acids is 1. The van der Waals surface area contributed by atoms with E-state index in [0.29, 0.717) is 12.8 Å². The molecule has 1 atom stereocenters. The first-order valence-corrected chi connectivity index (χ1v) is 5.79. The molecule has 5 heteroatoms. The third-order valence-corrected chi connectivity index (χ3v) is 2.81. The van der Waals surface area contributed by atoms with E-state index in [4.69, 9.17) is 10.8 Å². The van der Waals surface area contributed by atoms with Crippen molar-refractivity contribution in [2.24, 2.45) is 5.73 Å². The number of rotatable bonds is 7. The van der Waals surface area contributed by atoms with E-state index in [0.717, 1.165) is 5.69 Å². The lowest BCUT2D eigenvalue weighted by Gasteiger charge is -2.28. The molecule has 5 nitrogen and oxygen atoms in total. The molecular weight excluding hydrogens is 232 g/mol. The van der Waals surface area contributed by atoms with Crippen LogP contribution >= 0.6 is 0 Å². The van der Waals surface area contributed by atoms with E-state index in [2.05, 4.69) is 5.32 Å². The van der Waals surface area contributed by atoms with Gasteiger partial charge in [-0.3, -0.25) is 9.59 Å². The molecule has 0 aliphatic carbocycles. The van der Waals surface area contributed by atoms with Crippen molar-refractivity contribution in [3.63, 3.8) is 0 Å². The van der Waals surface area contributed by atoms with Gasteiger partial charge in [0.2, 0.25) is 5.91 Å². The van der Waals surface area contributed by atoms with Gasteiger partial charge in [-0.15, -0.1) is 0 Å². The Morgan fingerprint density at radius 1 is 1.33 bits per heavy atom. The van der Waals surface area contributed by atoms with E-state index in [9.17, 15) is 9.59 Å². The Hall–Kier alpha value is -2.04. The highest BCUT2D eigenvalue weighted by atomic mass is 16.4. The van der Waals surface area contributed by atoms with E-state index in [1.165, 1.54) is 0 Å². The average molecular weight is 250 g/mol. The number of nitrogens with one attached hydrogen (secondary N) is 1. The monoisotopic (exact) mass is 250 g/mol. The minimum atomic E-state index is -0.934. The van der Waals surface area contributed by atoms with Crippen LogP contribution in [0.2, 0.25) is 0 Å². The number of amides is 1. The standard InChI is InChI=1S/C13H18N2O3/c1-13(12(14)18,9-5-8-11(16)17)15-10-6-3-2-4-7-10/h2-4,6-7,15H,5,8-9H2,1H3,(H2,14,18)(H,16,17). The van der Waals surface area contributed by atoms with Crippen LogP contribution in [-0.2, 0) is 9.59 Å². The summed E-state index contributed by atoms with van der Waals surface area (Å²) < 4.78 is 0. The van der Waals surface area contributed by atoms with E-state index in [-0.39, 0.29) is 6.42 Å².